The Morgan fingerprint density at radius 2 is 1.61 bits per heavy atom. The normalized spacial score (nSPS) is 28.9. The van der Waals surface area contributed by atoms with Crippen molar-refractivity contribution >= 4 is 0 Å². The maximum absolute atomic E-state index is 10.4. The number of phenolic OH excluding ortho intramolecular Hbond substituents is 1. The van der Waals surface area contributed by atoms with Gasteiger partial charge in [-0.2, -0.15) is 0 Å². The van der Waals surface area contributed by atoms with Gasteiger partial charge in [0.2, 0.25) is 6.29 Å². The Hall–Kier alpha value is -1.50. The highest BCUT2D eigenvalue weighted by molar-refractivity contribution is 5.51. The summed E-state index contributed by atoms with van der Waals surface area (Å²) in [7, 11) is 1.00. The fourth-order valence-corrected chi connectivity index (χ4v) is 5.35. The second-order valence-electron chi connectivity index (χ2n) is 10.2. The molecule has 10 heteroatoms. The van der Waals surface area contributed by atoms with Gasteiger partial charge in [-0.1, -0.05) is 19.9 Å². The van der Waals surface area contributed by atoms with E-state index in [1.165, 1.54) is 5.56 Å². The third-order valence-corrected chi connectivity index (χ3v) is 7.02. The predicted octanol–water partition coefficient (Wildman–Crippen LogP) is 1.35. The molecule has 2 saturated heterocycles. The molecule has 2 fully saturated rings. The first-order valence-corrected chi connectivity index (χ1v) is 13.9. The molecule has 6 N–H and O–H groups in total. The molecule has 2 aliphatic heterocycles. The fourth-order valence-electron chi connectivity index (χ4n) is 5.35. The SMILES string of the molecule is CCCN(CCC)C1CCc2c(ccc(O)c2OC2CC(O)CC(CO)O2)C1.CO.OC1COCC(O)C1. The topological polar surface area (TPSA) is 152 Å². The number of hydrogen-bond donors (Lipinski definition) is 6. The third-order valence-electron chi connectivity index (χ3n) is 7.02. The molecule has 0 bridgehead atoms. The molecule has 1 aromatic carbocycles. The van der Waals surface area contributed by atoms with E-state index in [2.05, 4.69) is 18.7 Å². The largest absolute Gasteiger partial charge is 0.504 e. The Kier molecular flexibility index (Phi) is 14.8. The number of aromatic hydroxyl groups is 1. The van der Waals surface area contributed by atoms with Crippen molar-refractivity contribution in [3.05, 3.63) is 23.3 Å². The summed E-state index contributed by atoms with van der Waals surface area (Å²) in [6.45, 7) is 7.27. The number of rotatable bonds is 8. The molecule has 0 radical (unpaired) electrons. The molecule has 1 aliphatic carbocycles. The van der Waals surface area contributed by atoms with Crippen LogP contribution in [0, 0.1) is 0 Å². The van der Waals surface area contributed by atoms with Crippen molar-refractivity contribution in [3.63, 3.8) is 0 Å². The summed E-state index contributed by atoms with van der Waals surface area (Å²) < 4.78 is 16.5. The summed E-state index contributed by atoms with van der Waals surface area (Å²) in [5, 5.41) is 54.4. The number of fused-ring (bicyclic) bond motifs is 1. The van der Waals surface area contributed by atoms with Gasteiger partial charge >= 0.3 is 0 Å². The van der Waals surface area contributed by atoms with E-state index in [1.807, 2.05) is 6.07 Å². The van der Waals surface area contributed by atoms with Gasteiger partial charge in [-0.05, 0) is 56.8 Å². The van der Waals surface area contributed by atoms with E-state index >= 15 is 0 Å². The van der Waals surface area contributed by atoms with Gasteiger partial charge in [-0.15, -0.1) is 0 Å². The predicted molar refractivity (Wildman–Crippen MR) is 143 cm³/mol. The molecule has 0 saturated carbocycles. The maximum atomic E-state index is 10.4. The van der Waals surface area contributed by atoms with Crippen LogP contribution in [0.25, 0.3) is 0 Å². The van der Waals surface area contributed by atoms with Gasteiger partial charge in [0.25, 0.3) is 0 Å². The van der Waals surface area contributed by atoms with Gasteiger partial charge in [0.15, 0.2) is 11.5 Å². The summed E-state index contributed by atoms with van der Waals surface area (Å²) in [4.78, 5) is 2.59. The maximum Gasteiger partial charge on any atom is 0.202 e. The highest BCUT2D eigenvalue weighted by Crippen LogP contribution is 2.39. The Morgan fingerprint density at radius 3 is 2.16 bits per heavy atom. The van der Waals surface area contributed by atoms with Crippen LogP contribution >= 0.6 is 0 Å². The summed E-state index contributed by atoms with van der Waals surface area (Å²) in [6, 6.07) is 4.23. The van der Waals surface area contributed by atoms with Crippen molar-refractivity contribution < 1.29 is 44.8 Å². The first kappa shape index (κ1) is 32.7. The fraction of sp³-hybridized carbons (Fsp3) is 0.786. The number of hydrogen-bond acceptors (Lipinski definition) is 10. The van der Waals surface area contributed by atoms with Gasteiger partial charge in [-0.3, -0.25) is 0 Å². The molecule has 3 aliphatic rings. The minimum absolute atomic E-state index is 0.111. The smallest absolute Gasteiger partial charge is 0.202 e. The van der Waals surface area contributed by atoms with Crippen LogP contribution in [0.1, 0.15) is 63.5 Å². The lowest BCUT2D eigenvalue weighted by Crippen LogP contribution is -2.41. The molecule has 10 nitrogen and oxygen atoms in total. The van der Waals surface area contributed by atoms with Crippen molar-refractivity contribution in [3.8, 4) is 11.5 Å². The van der Waals surface area contributed by atoms with E-state index < -0.39 is 30.7 Å². The number of ether oxygens (including phenoxy) is 3. The number of aliphatic hydroxyl groups is 5. The van der Waals surface area contributed by atoms with Crippen LogP contribution in [0.5, 0.6) is 11.5 Å². The van der Waals surface area contributed by atoms with Crippen molar-refractivity contribution in [1.82, 2.24) is 4.90 Å². The molecule has 0 amide bonds. The average Bonchev–Trinajstić information content (AvgIpc) is 2.91. The summed E-state index contributed by atoms with van der Waals surface area (Å²) in [6.07, 6.45) is 3.78. The average molecular weight is 544 g/mol. The van der Waals surface area contributed by atoms with Crippen molar-refractivity contribution in [1.29, 1.82) is 0 Å². The monoisotopic (exact) mass is 543 g/mol. The molecule has 220 valence electrons. The molecule has 38 heavy (non-hydrogen) atoms. The highest BCUT2D eigenvalue weighted by Gasteiger charge is 2.32. The Morgan fingerprint density at radius 1 is 0.947 bits per heavy atom. The molecule has 4 rings (SSSR count). The first-order chi connectivity index (χ1) is 18.3. The number of phenols is 1. The van der Waals surface area contributed by atoms with Crippen LogP contribution in [0.4, 0.5) is 0 Å². The van der Waals surface area contributed by atoms with E-state index in [0.717, 1.165) is 57.9 Å². The molecule has 0 spiro atoms. The molecular weight excluding hydrogens is 494 g/mol. The highest BCUT2D eigenvalue weighted by atomic mass is 16.7. The van der Waals surface area contributed by atoms with Crippen LogP contribution in [0.2, 0.25) is 0 Å². The van der Waals surface area contributed by atoms with Crippen molar-refractivity contribution in [2.45, 2.75) is 102 Å². The minimum atomic E-state index is -0.660. The third kappa shape index (κ3) is 9.91. The summed E-state index contributed by atoms with van der Waals surface area (Å²) in [5.74, 6) is 0.588. The second-order valence-corrected chi connectivity index (χ2v) is 10.2. The Bertz CT molecular complexity index is 782. The van der Waals surface area contributed by atoms with Crippen LogP contribution in [0.3, 0.4) is 0 Å². The number of aliphatic hydroxyl groups excluding tert-OH is 5. The Balaban J connectivity index is 0.000000428. The molecule has 1 aromatic rings. The van der Waals surface area contributed by atoms with E-state index in [4.69, 9.17) is 29.5 Å². The zero-order valence-electron chi connectivity index (χ0n) is 23.2. The van der Waals surface area contributed by atoms with Gasteiger partial charge in [0.05, 0.1) is 44.2 Å². The van der Waals surface area contributed by atoms with Crippen LogP contribution in [0.15, 0.2) is 12.1 Å². The van der Waals surface area contributed by atoms with E-state index in [-0.39, 0.29) is 12.4 Å². The summed E-state index contributed by atoms with van der Waals surface area (Å²) in [5.41, 5.74) is 2.27. The van der Waals surface area contributed by atoms with Gasteiger partial charge in [0.1, 0.15) is 0 Å². The standard InChI is InChI=1S/C22H35NO5.C5H10O3.CH4O/c1-3-9-23(10-4-2)16-6-7-19-15(11-16)5-8-20(26)22(19)28-21-13-17(25)12-18(14-24)27-21;6-4-1-5(7)3-8-2-4;1-2/h5,8,16-18,21,24-26H,3-4,6-7,9-14H2,1-2H3;4-7H,1-3H2;2H,1H3. The van der Waals surface area contributed by atoms with Crippen molar-refractivity contribution in [2.75, 3.05) is 40.0 Å². The van der Waals surface area contributed by atoms with Crippen LogP contribution in [-0.4, -0.2) is 112 Å². The van der Waals surface area contributed by atoms with Gasteiger partial charge < -0.3 is 49.7 Å². The number of benzene rings is 1. The Labute approximate surface area is 226 Å². The molecule has 2 heterocycles. The number of nitrogens with zero attached hydrogens (tertiary/aromatic N) is 1. The van der Waals surface area contributed by atoms with E-state index in [0.29, 0.717) is 44.3 Å². The first-order valence-electron chi connectivity index (χ1n) is 13.9. The van der Waals surface area contributed by atoms with Gasteiger partial charge in [0, 0.05) is 38.0 Å². The lowest BCUT2D eigenvalue weighted by molar-refractivity contribution is -0.185. The van der Waals surface area contributed by atoms with Crippen LogP contribution in [-0.2, 0) is 22.3 Å². The van der Waals surface area contributed by atoms with E-state index in [9.17, 15) is 15.3 Å². The minimum Gasteiger partial charge on any atom is -0.504 e. The summed E-state index contributed by atoms with van der Waals surface area (Å²) >= 11 is 0. The van der Waals surface area contributed by atoms with Crippen molar-refractivity contribution in [2.24, 2.45) is 0 Å². The lowest BCUT2D eigenvalue weighted by Gasteiger charge is -2.36. The molecule has 0 aromatic heterocycles. The van der Waals surface area contributed by atoms with E-state index in [1.54, 1.807) is 6.07 Å². The zero-order valence-corrected chi connectivity index (χ0v) is 23.2. The molecular formula is C28H49NO9. The molecule has 6 unspecified atom stereocenters. The molecule has 6 atom stereocenters. The van der Waals surface area contributed by atoms with Crippen LogP contribution < -0.4 is 4.74 Å². The second kappa shape index (κ2) is 17.2. The lowest BCUT2D eigenvalue weighted by atomic mass is 9.86. The quantitative estimate of drug-likeness (QED) is 0.283. The zero-order chi connectivity index (χ0) is 28.1. The van der Waals surface area contributed by atoms with Gasteiger partial charge in [-0.25, -0.2) is 0 Å².